The molecular formula is C16H18ClFN2O. The van der Waals surface area contributed by atoms with Crippen molar-refractivity contribution < 1.29 is 9.13 Å². The molecule has 112 valence electrons. The van der Waals surface area contributed by atoms with E-state index in [2.05, 4.69) is 24.1 Å². The molecule has 2 aromatic rings. The summed E-state index contributed by atoms with van der Waals surface area (Å²) in [4.78, 5) is 4.08. The zero-order valence-electron chi connectivity index (χ0n) is 12.3. The zero-order chi connectivity index (χ0) is 15.4. The molecule has 0 spiro atoms. The average Bonchev–Trinajstić information content (AvgIpc) is 2.44. The van der Waals surface area contributed by atoms with E-state index in [4.69, 9.17) is 16.3 Å². The van der Waals surface area contributed by atoms with Gasteiger partial charge in [0.25, 0.3) is 0 Å². The van der Waals surface area contributed by atoms with Crippen molar-refractivity contribution in [1.82, 2.24) is 10.3 Å². The Labute approximate surface area is 129 Å². The number of hydrogen-bond acceptors (Lipinski definition) is 3. The van der Waals surface area contributed by atoms with Crippen LogP contribution in [0.4, 0.5) is 4.39 Å². The average molecular weight is 309 g/mol. The van der Waals surface area contributed by atoms with Crippen molar-refractivity contribution in [2.24, 2.45) is 0 Å². The van der Waals surface area contributed by atoms with Gasteiger partial charge in [0.15, 0.2) is 11.6 Å². The molecule has 0 radical (unpaired) electrons. The molecule has 0 fully saturated rings. The van der Waals surface area contributed by atoms with Crippen molar-refractivity contribution >= 4 is 11.6 Å². The van der Waals surface area contributed by atoms with Crippen molar-refractivity contribution in [3.05, 3.63) is 52.4 Å². The van der Waals surface area contributed by atoms with Gasteiger partial charge in [-0.2, -0.15) is 0 Å². The van der Waals surface area contributed by atoms with E-state index in [0.717, 1.165) is 5.56 Å². The molecule has 5 heteroatoms. The molecule has 0 unspecified atom stereocenters. The summed E-state index contributed by atoms with van der Waals surface area (Å²) in [5.41, 5.74) is 1.39. The van der Waals surface area contributed by atoms with Gasteiger partial charge in [0.2, 0.25) is 5.88 Å². The second-order valence-electron chi connectivity index (χ2n) is 5.14. The summed E-state index contributed by atoms with van der Waals surface area (Å²) in [6.07, 6.45) is 1.52. The van der Waals surface area contributed by atoms with Gasteiger partial charge in [-0.1, -0.05) is 37.6 Å². The number of ether oxygens (including phenoxy) is 1. The quantitative estimate of drug-likeness (QED) is 0.884. The van der Waals surface area contributed by atoms with Crippen LogP contribution in [0, 0.1) is 12.7 Å². The molecule has 1 aromatic carbocycles. The monoisotopic (exact) mass is 308 g/mol. The van der Waals surface area contributed by atoms with E-state index in [0.29, 0.717) is 29.1 Å². The van der Waals surface area contributed by atoms with Gasteiger partial charge in [0.1, 0.15) is 0 Å². The van der Waals surface area contributed by atoms with E-state index < -0.39 is 0 Å². The van der Waals surface area contributed by atoms with E-state index in [-0.39, 0.29) is 11.6 Å². The Morgan fingerprint density at radius 1 is 1.38 bits per heavy atom. The molecule has 0 saturated heterocycles. The van der Waals surface area contributed by atoms with E-state index in [1.807, 2.05) is 0 Å². The Morgan fingerprint density at radius 3 is 2.86 bits per heavy atom. The van der Waals surface area contributed by atoms with Crippen molar-refractivity contribution in [3.8, 4) is 11.6 Å². The topological polar surface area (TPSA) is 34.1 Å². The number of halogens is 2. The van der Waals surface area contributed by atoms with E-state index in [1.54, 1.807) is 31.2 Å². The molecule has 0 aliphatic carbocycles. The molecule has 0 aliphatic rings. The number of hydrogen-bond donors (Lipinski definition) is 1. The van der Waals surface area contributed by atoms with Crippen LogP contribution in [0.3, 0.4) is 0 Å². The van der Waals surface area contributed by atoms with E-state index in [9.17, 15) is 4.39 Å². The predicted octanol–water partition coefficient (Wildman–Crippen LogP) is 4.47. The standard InChI is InChI=1S/C16H18ClFN2O/c1-10(2)19-8-12-7-15(20-9-13(12)17)21-14-6-4-5-11(3)16(14)18/h4-7,9-10,19H,8H2,1-3H3. The van der Waals surface area contributed by atoms with Gasteiger partial charge in [-0.05, 0) is 24.1 Å². The summed E-state index contributed by atoms with van der Waals surface area (Å²) in [7, 11) is 0. The molecule has 0 saturated carbocycles. The fraction of sp³-hybridized carbons (Fsp3) is 0.312. The van der Waals surface area contributed by atoms with Gasteiger partial charge in [-0.15, -0.1) is 0 Å². The lowest BCUT2D eigenvalue weighted by molar-refractivity contribution is 0.424. The molecule has 0 amide bonds. The largest absolute Gasteiger partial charge is 0.436 e. The third-order valence-corrected chi connectivity index (χ3v) is 3.32. The van der Waals surface area contributed by atoms with Crippen molar-refractivity contribution in [2.75, 3.05) is 0 Å². The van der Waals surface area contributed by atoms with Crippen LogP contribution < -0.4 is 10.1 Å². The summed E-state index contributed by atoms with van der Waals surface area (Å²) in [6.45, 7) is 6.39. The van der Waals surface area contributed by atoms with Gasteiger partial charge in [-0.3, -0.25) is 0 Å². The highest BCUT2D eigenvalue weighted by molar-refractivity contribution is 6.31. The number of rotatable bonds is 5. The van der Waals surface area contributed by atoms with Crippen LogP contribution in [0.1, 0.15) is 25.0 Å². The van der Waals surface area contributed by atoms with Crippen molar-refractivity contribution in [3.63, 3.8) is 0 Å². The molecule has 0 atom stereocenters. The van der Waals surface area contributed by atoms with E-state index in [1.165, 1.54) is 6.20 Å². The predicted molar refractivity (Wildman–Crippen MR) is 82.4 cm³/mol. The fourth-order valence-electron chi connectivity index (χ4n) is 1.78. The molecule has 21 heavy (non-hydrogen) atoms. The summed E-state index contributed by atoms with van der Waals surface area (Å²) in [5, 5.41) is 3.83. The van der Waals surface area contributed by atoms with Gasteiger partial charge < -0.3 is 10.1 Å². The van der Waals surface area contributed by atoms with Crippen molar-refractivity contribution in [1.29, 1.82) is 0 Å². The maximum atomic E-state index is 13.9. The summed E-state index contributed by atoms with van der Waals surface area (Å²) in [6, 6.07) is 7.07. The van der Waals surface area contributed by atoms with Crippen LogP contribution in [-0.4, -0.2) is 11.0 Å². The third kappa shape index (κ3) is 4.16. The summed E-state index contributed by atoms with van der Waals surface area (Å²) >= 11 is 6.11. The summed E-state index contributed by atoms with van der Waals surface area (Å²) in [5.74, 6) is 0.105. The molecule has 1 N–H and O–H groups in total. The second-order valence-corrected chi connectivity index (χ2v) is 5.55. The highest BCUT2D eigenvalue weighted by Gasteiger charge is 2.10. The Hall–Kier alpha value is -1.65. The van der Waals surface area contributed by atoms with Gasteiger partial charge in [-0.25, -0.2) is 9.37 Å². The molecule has 1 heterocycles. The highest BCUT2D eigenvalue weighted by atomic mass is 35.5. The number of nitrogens with zero attached hydrogens (tertiary/aromatic N) is 1. The van der Waals surface area contributed by atoms with Crippen LogP contribution >= 0.6 is 11.6 Å². The van der Waals surface area contributed by atoms with Crippen LogP contribution in [0.2, 0.25) is 5.02 Å². The molecular weight excluding hydrogens is 291 g/mol. The molecule has 1 aromatic heterocycles. The Kier molecular flexibility index (Phi) is 5.15. The molecule has 0 aliphatic heterocycles. The molecule has 3 nitrogen and oxygen atoms in total. The first-order chi connectivity index (χ1) is 9.97. The van der Waals surface area contributed by atoms with Crippen molar-refractivity contribution in [2.45, 2.75) is 33.4 Å². The van der Waals surface area contributed by atoms with Gasteiger partial charge >= 0.3 is 0 Å². The number of aromatic nitrogens is 1. The SMILES string of the molecule is Cc1cccc(Oc2cc(CNC(C)C)c(Cl)cn2)c1F. The molecule has 0 bridgehead atoms. The second kappa shape index (κ2) is 6.87. The smallest absolute Gasteiger partial charge is 0.219 e. The summed E-state index contributed by atoms with van der Waals surface area (Å²) < 4.78 is 19.4. The number of nitrogens with one attached hydrogen (secondary N) is 1. The number of pyridine rings is 1. The maximum absolute atomic E-state index is 13.9. The molecule has 2 rings (SSSR count). The zero-order valence-corrected chi connectivity index (χ0v) is 13.0. The van der Waals surface area contributed by atoms with Crippen LogP contribution in [0.15, 0.2) is 30.5 Å². The minimum atomic E-state index is -0.379. The first-order valence-electron chi connectivity index (χ1n) is 6.78. The lowest BCUT2D eigenvalue weighted by atomic mass is 10.2. The fourth-order valence-corrected chi connectivity index (χ4v) is 1.95. The van der Waals surface area contributed by atoms with Crippen LogP contribution in [-0.2, 0) is 6.54 Å². The Balaban J connectivity index is 2.20. The lowest BCUT2D eigenvalue weighted by Gasteiger charge is -2.12. The highest BCUT2D eigenvalue weighted by Crippen LogP contribution is 2.27. The maximum Gasteiger partial charge on any atom is 0.219 e. The minimum absolute atomic E-state index is 0.160. The Morgan fingerprint density at radius 2 is 2.14 bits per heavy atom. The van der Waals surface area contributed by atoms with E-state index >= 15 is 0 Å². The van der Waals surface area contributed by atoms with Crippen LogP contribution in [0.25, 0.3) is 0 Å². The first kappa shape index (κ1) is 15.7. The minimum Gasteiger partial charge on any atom is -0.436 e. The number of aryl methyl sites for hydroxylation is 1. The lowest BCUT2D eigenvalue weighted by Crippen LogP contribution is -2.22. The Bertz CT molecular complexity index is 632. The normalized spacial score (nSPS) is 11.0. The first-order valence-corrected chi connectivity index (χ1v) is 7.16. The van der Waals surface area contributed by atoms with Gasteiger partial charge in [0, 0.05) is 24.8 Å². The number of benzene rings is 1. The third-order valence-electron chi connectivity index (χ3n) is 2.98. The van der Waals surface area contributed by atoms with Crippen LogP contribution in [0.5, 0.6) is 11.6 Å². The van der Waals surface area contributed by atoms with Gasteiger partial charge in [0.05, 0.1) is 5.02 Å².